The van der Waals surface area contributed by atoms with Crippen LogP contribution in [-0.2, 0) is 0 Å². The largest absolute Gasteiger partial charge is 0.382 e. The molecule has 0 unspecified atom stereocenters. The molecular formula is C16H23N3. The molecule has 0 amide bonds. The minimum Gasteiger partial charge on any atom is -0.382 e. The predicted octanol–water partition coefficient (Wildman–Crippen LogP) is 3.90. The number of pyridine rings is 1. The van der Waals surface area contributed by atoms with Crippen molar-refractivity contribution in [1.82, 2.24) is 4.98 Å². The number of fused-ring (bicyclic) bond motifs is 1. The Balaban J connectivity index is 2.57. The summed E-state index contributed by atoms with van der Waals surface area (Å²) in [4.78, 5) is 6.86. The van der Waals surface area contributed by atoms with Crippen LogP contribution in [0, 0.1) is 0 Å². The molecule has 1 aromatic heterocycles. The summed E-state index contributed by atoms with van der Waals surface area (Å²) in [6.07, 6.45) is 1.90. The highest BCUT2D eigenvalue weighted by molar-refractivity contribution is 6.00. The van der Waals surface area contributed by atoms with Crippen LogP contribution in [0.2, 0.25) is 0 Å². The second kappa shape index (κ2) is 5.91. The molecule has 3 nitrogen and oxygen atoms in total. The Morgan fingerprint density at radius 3 is 2.47 bits per heavy atom. The first-order chi connectivity index (χ1) is 9.17. The van der Waals surface area contributed by atoms with Crippen LogP contribution in [-0.4, -0.2) is 24.1 Å². The van der Waals surface area contributed by atoms with E-state index < -0.39 is 0 Å². The van der Waals surface area contributed by atoms with Crippen LogP contribution in [0.3, 0.4) is 0 Å². The third kappa shape index (κ3) is 2.80. The van der Waals surface area contributed by atoms with Crippen molar-refractivity contribution in [2.75, 3.05) is 23.3 Å². The minimum absolute atomic E-state index is 0.427. The van der Waals surface area contributed by atoms with E-state index in [-0.39, 0.29) is 0 Å². The molecule has 102 valence electrons. The minimum atomic E-state index is 0.427. The molecule has 0 radical (unpaired) electrons. The summed E-state index contributed by atoms with van der Waals surface area (Å²) in [5, 5.41) is 5.97. The number of nitrogens with one attached hydrogen (secondary N) is 1. The van der Waals surface area contributed by atoms with Crippen LogP contribution in [0.1, 0.15) is 27.7 Å². The smallest absolute Gasteiger partial charge is 0.136 e. The molecule has 2 aromatic rings. The van der Waals surface area contributed by atoms with Gasteiger partial charge in [-0.1, -0.05) is 12.1 Å². The van der Waals surface area contributed by atoms with Crippen molar-refractivity contribution in [3.05, 3.63) is 30.5 Å². The molecule has 2 rings (SSSR count). The Bertz CT molecular complexity index is 545. The molecule has 0 saturated heterocycles. The molecule has 0 saturated carbocycles. The van der Waals surface area contributed by atoms with Gasteiger partial charge in [-0.15, -0.1) is 0 Å². The standard InChI is InChI=1S/C16H23N3/c1-5-19(6-2)16-14-8-7-9-15(18-12(3)4)13(14)10-11-17-16/h7-12,18H,5-6H2,1-4H3. The Hall–Kier alpha value is -1.77. The molecule has 1 heterocycles. The van der Waals surface area contributed by atoms with Crippen molar-refractivity contribution in [3.63, 3.8) is 0 Å². The summed E-state index contributed by atoms with van der Waals surface area (Å²) < 4.78 is 0. The van der Waals surface area contributed by atoms with E-state index in [0.717, 1.165) is 18.9 Å². The van der Waals surface area contributed by atoms with Gasteiger partial charge in [-0.25, -0.2) is 4.98 Å². The van der Waals surface area contributed by atoms with E-state index in [1.807, 2.05) is 6.20 Å². The molecule has 19 heavy (non-hydrogen) atoms. The number of anilines is 2. The molecule has 0 spiro atoms. The molecule has 0 fully saturated rings. The van der Waals surface area contributed by atoms with E-state index >= 15 is 0 Å². The first-order valence-electron chi connectivity index (χ1n) is 7.06. The number of hydrogen-bond donors (Lipinski definition) is 1. The highest BCUT2D eigenvalue weighted by Crippen LogP contribution is 2.29. The summed E-state index contributed by atoms with van der Waals surface area (Å²) in [6, 6.07) is 8.90. The van der Waals surface area contributed by atoms with E-state index in [9.17, 15) is 0 Å². The van der Waals surface area contributed by atoms with Crippen molar-refractivity contribution >= 4 is 22.3 Å². The van der Waals surface area contributed by atoms with Gasteiger partial charge in [-0.2, -0.15) is 0 Å². The SMILES string of the molecule is CCN(CC)c1nccc2c(NC(C)C)cccc12. The van der Waals surface area contributed by atoms with Gasteiger partial charge in [0, 0.05) is 41.8 Å². The van der Waals surface area contributed by atoms with Crippen LogP contribution in [0.25, 0.3) is 10.8 Å². The lowest BCUT2D eigenvalue weighted by atomic mass is 10.1. The average molecular weight is 257 g/mol. The second-order valence-electron chi connectivity index (χ2n) is 5.01. The van der Waals surface area contributed by atoms with Crippen LogP contribution in [0.15, 0.2) is 30.5 Å². The van der Waals surface area contributed by atoms with Crippen molar-refractivity contribution in [1.29, 1.82) is 0 Å². The number of aromatic nitrogens is 1. The third-order valence-electron chi connectivity index (χ3n) is 3.29. The van der Waals surface area contributed by atoms with Crippen molar-refractivity contribution < 1.29 is 0 Å². The maximum absolute atomic E-state index is 4.57. The van der Waals surface area contributed by atoms with Gasteiger partial charge in [-0.3, -0.25) is 0 Å². The summed E-state index contributed by atoms with van der Waals surface area (Å²) in [5.41, 5.74) is 1.18. The summed E-state index contributed by atoms with van der Waals surface area (Å²) >= 11 is 0. The van der Waals surface area contributed by atoms with E-state index in [1.165, 1.54) is 16.5 Å². The maximum Gasteiger partial charge on any atom is 0.136 e. The zero-order valence-corrected chi connectivity index (χ0v) is 12.3. The van der Waals surface area contributed by atoms with Gasteiger partial charge in [0.25, 0.3) is 0 Å². The maximum atomic E-state index is 4.57. The lowest BCUT2D eigenvalue weighted by Crippen LogP contribution is -2.23. The summed E-state index contributed by atoms with van der Waals surface area (Å²) in [7, 11) is 0. The van der Waals surface area contributed by atoms with E-state index in [2.05, 4.69) is 67.2 Å². The van der Waals surface area contributed by atoms with Crippen LogP contribution in [0.5, 0.6) is 0 Å². The van der Waals surface area contributed by atoms with E-state index in [4.69, 9.17) is 0 Å². The van der Waals surface area contributed by atoms with Gasteiger partial charge in [0.15, 0.2) is 0 Å². The predicted molar refractivity (Wildman–Crippen MR) is 84.1 cm³/mol. The zero-order valence-electron chi connectivity index (χ0n) is 12.3. The number of nitrogens with zero attached hydrogens (tertiary/aromatic N) is 2. The Morgan fingerprint density at radius 1 is 1.11 bits per heavy atom. The molecule has 0 bridgehead atoms. The first-order valence-corrected chi connectivity index (χ1v) is 7.06. The second-order valence-corrected chi connectivity index (χ2v) is 5.01. The Labute approximate surface area is 115 Å². The fourth-order valence-electron chi connectivity index (χ4n) is 2.40. The number of rotatable bonds is 5. The molecule has 1 aromatic carbocycles. The van der Waals surface area contributed by atoms with Crippen molar-refractivity contribution in [2.45, 2.75) is 33.7 Å². The van der Waals surface area contributed by atoms with Crippen molar-refractivity contribution in [2.24, 2.45) is 0 Å². The lowest BCUT2D eigenvalue weighted by Gasteiger charge is -2.22. The average Bonchev–Trinajstić information content (AvgIpc) is 2.40. The molecular weight excluding hydrogens is 234 g/mol. The Kier molecular flexibility index (Phi) is 4.25. The van der Waals surface area contributed by atoms with Gasteiger partial charge >= 0.3 is 0 Å². The molecule has 0 aliphatic heterocycles. The van der Waals surface area contributed by atoms with Gasteiger partial charge in [-0.05, 0) is 39.8 Å². The van der Waals surface area contributed by atoms with Crippen molar-refractivity contribution in [3.8, 4) is 0 Å². The molecule has 0 atom stereocenters. The topological polar surface area (TPSA) is 28.2 Å². The number of hydrogen-bond acceptors (Lipinski definition) is 3. The monoisotopic (exact) mass is 257 g/mol. The van der Waals surface area contributed by atoms with E-state index in [1.54, 1.807) is 0 Å². The van der Waals surface area contributed by atoms with Gasteiger partial charge < -0.3 is 10.2 Å². The van der Waals surface area contributed by atoms with Crippen LogP contribution < -0.4 is 10.2 Å². The van der Waals surface area contributed by atoms with Gasteiger partial charge in [0.2, 0.25) is 0 Å². The highest BCUT2D eigenvalue weighted by atomic mass is 15.2. The molecule has 0 aliphatic carbocycles. The van der Waals surface area contributed by atoms with Crippen LogP contribution in [0.4, 0.5) is 11.5 Å². The lowest BCUT2D eigenvalue weighted by molar-refractivity contribution is 0.851. The summed E-state index contributed by atoms with van der Waals surface area (Å²) in [5.74, 6) is 1.08. The summed E-state index contributed by atoms with van der Waals surface area (Å²) in [6.45, 7) is 10.6. The van der Waals surface area contributed by atoms with Gasteiger partial charge in [0.05, 0.1) is 0 Å². The quantitative estimate of drug-likeness (QED) is 0.880. The third-order valence-corrected chi connectivity index (χ3v) is 3.29. The Morgan fingerprint density at radius 2 is 1.84 bits per heavy atom. The zero-order chi connectivity index (χ0) is 13.8. The van der Waals surface area contributed by atoms with Crippen LogP contribution >= 0.6 is 0 Å². The molecule has 1 N–H and O–H groups in total. The number of benzene rings is 1. The molecule has 3 heteroatoms. The highest BCUT2D eigenvalue weighted by Gasteiger charge is 2.10. The van der Waals surface area contributed by atoms with Gasteiger partial charge in [0.1, 0.15) is 5.82 Å². The molecule has 0 aliphatic rings. The normalized spacial score (nSPS) is 11.0. The first kappa shape index (κ1) is 13.7. The fraction of sp³-hybridized carbons (Fsp3) is 0.438. The van der Waals surface area contributed by atoms with E-state index in [0.29, 0.717) is 6.04 Å². The fourth-order valence-corrected chi connectivity index (χ4v) is 2.40.